The van der Waals surface area contributed by atoms with E-state index in [0.717, 1.165) is 11.1 Å². The van der Waals surface area contributed by atoms with Crippen LogP contribution in [0.5, 0.6) is 11.5 Å². The highest BCUT2D eigenvalue weighted by atomic mass is 32.2. The molecule has 36 heavy (non-hydrogen) atoms. The van der Waals surface area contributed by atoms with Crippen LogP contribution in [-0.2, 0) is 32.6 Å². The van der Waals surface area contributed by atoms with Gasteiger partial charge in [0.05, 0.1) is 25.7 Å². The highest BCUT2D eigenvalue weighted by Crippen LogP contribution is 2.30. The quantitative estimate of drug-likeness (QED) is 0.334. The zero-order valence-electron chi connectivity index (χ0n) is 20.1. The lowest BCUT2D eigenvalue weighted by molar-refractivity contribution is -0.126. The molecular weight excluding hydrogens is 487 g/mol. The third-order valence-corrected chi connectivity index (χ3v) is 6.63. The molecule has 192 valence electrons. The van der Waals surface area contributed by atoms with Gasteiger partial charge in [-0.05, 0) is 60.4 Å². The molecule has 0 aliphatic heterocycles. The maximum atomic E-state index is 12.9. The summed E-state index contributed by atoms with van der Waals surface area (Å²) in [4.78, 5) is 12.0. The number of carbonyl (C=O) groups is 1. The Morgan fingerprint density at radius 1 is 0.889 bits per heavy atom. The minimum atomic E-state index is -3.80. The second-order valence-corrected chi connectivity index (χ2v) is 9.57. The van der Waals surface area contributed by atoms with Crippen molar-refractivity contribution in [3.63, 3.8) is 0 Å². The third kappa shape index (κ3) is 7.96. The Labute approximate surface area is 210 Å². The van der Waals surface area contributed by atoms with Crippen LogP contribution in [0.25, 0.3) is 0 Å². The molecule has 0 heterocycles. The second-order valence-electron chi connectivity index (χ2n) is 7.89. The molecular formula is C26H29FN2O6S. The Hall–Kier alpha value is -3.63. The molecule has 8 nitrogen and oxygen atoms in total. The minimum Gasteiger partial charge on any atom is -0.493 e. The Bertz CT molecular complexity index is 1250. The van der Waals surface area contributed by atoms with E-state index < -0.39 is 10.0 Å². The van der Waals surface area contributed by atoms with Gasteiger partial charge in [0, 0.05) is 18.3 Å². The molecule has 0 saturated carbocycles. The van der Waals surface area contributed by atoms with Crippen molar-refractivity contribution in [3.05, 3.63) is 83.7 Å². The van der Waals surface area contributed by atoms with E-state index in [9.17, 15) is 17.6 Å². The van der Waals surface area contributed by atoms with Crippen LogP contribution in [0.3, 0.4) is 0 Å². The molecule has 3 aromatic rings. The fourth-order valence-electron chi connectivity index (χ4n) is 3.35. The van der Waals surface area contributed by atoms with Gasteiger partial charge < -0.3 is 19.5 Å². The SMILES string of the molecule is COc1ccc(S(=O)(=O)Nc2ccc(CCCNC(=O)COCc3ccc(F)cc3)cc2)cc1OC. The predicted octanol–water partition coefficient (Wildman–Crippen LogP) is 3.91. The smallest absolute Gasteiger partial charge is 0.262 e. The van der Waals surface area contributed by atoms with E-state index in [0.29, 0.717) is 36.6 Å². The molecule has 0 radical (unpaired) electrons. The first kappa shape index (κ1) is 27.0. The van der Waals surface area contributed by atoms with Gasteiger partial charge in [0.15, 0.2) is 11.5 Å². The van der Waals surface area contributed by atoms with Gasteiger partial charge in [0.1, 0.15) is 12.4 Å². The molecule has 0 bridgehead atoms. The number of ether oxygens (including phenoxy) is 3. The van der Waals surface area contributed by atoms with Gasteiger partial charge in [0.2, 0.25) is 5.91 Å². The average molecular weight is 517 g/mol. The number of sulfonamides is 1. The fourth-order valence-corrected chi connectivity index (χ4v) is 4.42. The van der Waals surface area contributed by atoms with E-state index in [4.69, 9.17) is 14.2 Å². The first-order chi connectivity index (χ1) is 17.3. The molecule has 3 aromatic carbocycles. The van der Waals surface area contributed by atoms with Crippen LogP contribution in [0.15, 0.2) is 71.6 Å². The molecule has 0 saturated heterocycles. The zero-order chi connectivity index (χ0) is 26.0. The van der Waals surface area contributed by atoms with Gasteiger partial charge in [-0.3, -0.25) is 9.52 Å². The fraction of sp³-hybridized carbons (Fsp3) is 0.269. The Balaban J connectivity index is 1.40. The van der Waals surface area contributed by atoms with Crippen molar-refractivity contribution in [2.75, 3.05) is 32.1 Å². The molecule has 0 unspecified atom stereocenters. The summed E-state index contributed by atoms with van der Waals surface area (Å²) in [5.74, 6) is 0.218. The Morgan fingerprint density at radius 2 is 1.56 bits per heavy atom. The summed E-state index contributed by atoms with van der Waals surface area (Å²) >= 11 is 0. The summed E-state index contributed by atoms with van der Waals surface area (Å²) in [5, 5.41) is 2.79. The lowest BCUT2D eigenvalue weighted by Crippen LogP contribution is -2.28. The van der Waals surface area contributed by atoms with Crippen LogP contribution in [0, 0.1) is 5.82 Å². The minimum absolute atomic E-state index is 0.0570. The number of hydrogen-bond acceptors (Lipinski definition) is 6. The van der Waals surface area contributed by atoms with E-state index >= 15 is 0 Å². The van der Waals surface area contributed by atoms with E-state index in [1.165, 1.54) is 44.6 Å². The Kier molecular flexibility index (Phi) is 9.66. The van der Waals surface area contributed by atoms with Crippen molar-refractivity contribution in [1.82, 2.24) is 5.32 Å². The predicted molar refractivity (Wildman–Crippen MR) is 134 cm³/mol. The summed E-state index contributed by atoms with van der Waals surface area (Å²) < 4.78 is 56.6. The van der Waals surface area contributed by atoms with E-state index in [1.54, 1.807) is 24.3 Å². The van der Waals surface area contributed by atoms with E-state index in [2.05, 4.69) is 10.0 Å². The number of amides is 1. The highest BCUT2D eigenvalue weighted by Gasteiger charge is 2.17. The molecule has 2 N–H and O–H groups in total. The molecule has 0 aliphatic carbocycles. The summed E-state index contributed by atoms with van der Waals surface area (Å²) in [5.41, 5.74) is 2.23. The molecule has 0 aliphatic rings. The van der Waals surface area contributed by atoms with Crippen LogP contribution in [0.4, 0.5) is 10.1 Å². The maximum Gasteiger partial charge on any atom is 0.262 e. The Morgan fingerprint density at radius 3 is 2.22 bits per heavy atom. The first-order valence-corrected chi connectivity index (χ1v) is 12.7. The standard InChI is InChI=1S/C26H29FN2O6S/c1-33-24-14-13-23(16-25(24)34-2)36(31,32)29-22-11-7-19(8-12-22)4-3-15-28-26(30)18-35-17-20-5-9-21(27)10-6-20/h5-14,16,29H,3-4,15,17-18H2,1-2H3,(H,28,30). The molecule has 0 aromatic heterocycles. The van der Waals surface area contributed by atoms with E-state index in [1.807, 2.05) is 12.1 Å². The average Bonchev–Trinajstić information content (AvgIpc) is 2.88. The van der Waals surface area contributed by atoms with Crippen LogP contribution < -0.4 is 19.5 Å². The van der Waals surface area contributed by atoms with Gasteiger partial charge in [-0.1, -0.05) is 24.3 Å². The van der Waals surface area contributed by atoms with Crippen molar-refractivity contribution in [2.45, 2.75) is 24.3 Å². The van der Waals surface area contributed by atoms with Gasteiger partial charge in [-0.15, -0.1) is 0 Å². The number of carbonyl (C=O) groups excluding carboxylic acids is 1. The monoisotopic (exact) mass is 516 g/mol. The van der Waals surface area contributed by atoms with Crippen molar-refractivity contribution < 1.29 is 31.8 Å². The summed E-state index contributed by atoms with van der Waals surface area (Å²) in [6.45, 7) is 0.633. The number of benzene rings is 3. The number of rotatable bonds is 13. The molecule has 0 spiro atoms. The van der Waals surface area contributed by atoms with E-state index in [-0.39, 0.29) is 29.8 Å². The lowest BCUT2D eigenvalue weighted by Gasteiger charge is -2.12. The number of anilines is 1. The second kappa shape index (κ2) is 12.9. The van der Waals surface area contributed by atoms with Gasteiger partial charge >= 0.3 is 0 Å². The van der Waals surface area contributed by atoms with Crippen molar-refractivity contribution in [2.24, 2.45) is 0 Å². The number of nitrogens with one attached hydrogen (secondary N) is 2. The molecule has 10 heteroatoms. The van der Waals surface area contributed by atoms with Crippen molar-refractivity contribution >= 4 is 21.6 Å². The molecule has 3 rings (SSSR count). The van der Waals surface area contributed by atoms with Gasteiger partial charge in [-0.25, -0.2) is 12.8 Å². The topological polar surface area (TPSA) is 103 Å². The number of halogens is 1. The zero-order valence-corrected chi connectivity index (χ0v) is 20.9. The normalized spacial score (nSPS) is 11.1. The number of methoxy groups -OCH3 is 2. The maximum absolute atomic E-state index is 12.9. The molecule has 0 atom stereocenters. The van der Waals surface area contributed by atoms with Gasteiger partial charge in [0.25, 0.3) is 10.0 Å². The summed E-state index contributed by atoms with van der Waals surface area (Å²) in [7, 11) is -0.884. The van der Waals surface area contributed by atoms with Crippen molar-refractivity contribution in [1.29, 1.82) is 0 Å². The van der Waals surface area contributed by atoms with Crippen LogP contribution in [0.2, 0.25) is 0 Å². The molecule has 0 fully saturated rings. The highest BCUT2D eigenvalue weighted by molar-refractivity contribution is 7.92. The van der Waals surface area contributed by atoms with Crippen LogP contribution >= 0.6 is 0 Å². The summed E-state index contributed by atoms with van der Waals surface area (Å²) in [6.07, 6.45) is 1.42. The van der Waals surface area contributed by atoms with Crippen molar-refractivity contribution in [3.8, 4) is 11.5 Å². The van der Waals surface area contributed by atoms with Crippen LogP contribution in [0.1, 0.15) is 17.5 Å². The number of aryl methyl sites for hydroxylation is 1. The van der Waals surface area contributed by atoms with Crippen LogP contribution in [-0.4, -0.2) is 41.7 Å². The third-order valence-electron chi connectivity index (χ3n) is 5.25. The lowest BCUT2D eigenvalue weighted by atomic mass is 10.1. The number of hydrogen-bond donors (Lipinski definition) is 2. The van der Waals surface area contributed by atoms with Gasteiger partial charge in [-0.2, -0.15) is 0 Å². The summed E-state index contributed by atoms with van der Waals surface area (Å²) in [6, 6.07) is 17.3. The largest absolute Gasteiger partial charge is 0.493 e. The first-order valence-electron chi connectivity index (χ1n) is 11.2. The molecule has 1 amide bonds.